The lowest BCUT2D eigenvalue weighted by molar-refractivity contribution is 0.136. The number of urea groups is 1. The summed E-state index contributed by atoms with van der Waals surface area (Å²) in [6.07, 6.45) is 8.02. The van der Waals surface area contributed by atoms with Gasteiger partial charge >= 0.3 is 6.03 Å². The van der Waals surface area contributed by atoms with Gasteiger partial charge in [0.25, 0.3) is 0 Å². The molecule has 5 heteroatoms. The van der Waals surface area contributed by atoms with Gasteiger partial charge in [-0.15, -0.1) is 0 Å². The Morgan fingerprint density at radius 1 is 1.25 bits per heavy atom. The van der Waals surface area contributed by atoms with E-state index >= 15 is 0 Å². The molecule has 0 saturated carbocycles. The number of amides is 2. The van der Waals surface area contributed by atoms with E-state index in [2.05, 4.69) is 28.4 Å². The van der Waals surface area contributed by atoms with E-state index in [4.69, 9.17) is 4.74 Å². The van der Waals surface area contributed by atoms with Crippen molar-refractivity contribution in [2.45, 2.75) is 19.4 Å². The number of hydrogen-bond donors (Lipinski definition) is 1. The normalized spacial score (nSPS) is 18.2. The van der Waals surface area contributed by atoms with Crippen molar-refractivity contribution >= 4 is 6.03 Å². The van der Waals surface area contributed by atoms with Crippen LogP contribution in [0, 0.1) is 0 Å². The van der Waals surface area contributed by atoms with Gasteiger partial charge in [-0.2, -0.15) is 0 Å². The molecule has 1 heterocycles. The zero-order chi connectivity index (χ0) is 16.8. The first-order chi connectivity index (χ1) is 11.7. The highest BCUT2D eigenvalue weighted by Gasteiger charge is 2.21. The minimum Gasteiger partial charge on any atom is -0.497 e. The maximum atomic E-state index is 12.3. The van der Waals surface area contributed by atoms with Crippen LogP contribution >= 0.6 is 0 Å². The average Bonchev–Trinajstić information content (AvgIpc) is 2.63. The molecular formula is C19H25N3O2. The highest BCUT2D eigenvalue weighted by Crippen LogP contribution is 2.16. The number of hydrogen-bond acceptors (Lipinski definition) is 3. The Bertz CT molecular complexity index is 631. The third-order valence-corrected chi connectivity index (χ3v) is 4.48. The van der Waals surface area contributed by atoms with Crippen LogP contribution in [0.15, 0.2) is 48.2 Å². The molecule has 3 rings (SSSR count). The van der Waals surface area contributed by atoms with Crippen LogP contribution in [0.1, 0.15) is 18.4 Å². The third-order valence-electron chi connectivity index (χ3n) is 4.48. The number of allylic oxidation sites excluding steroid dienone is 4. The SMILES string of the molecule is COc1cccc(CN2CCN(C(=O)NC3=CC=CCC3)CC2)c1. The van der Waals surface area contributed by atoms with Gasteiger partial charge in [0.05, 0.1) is 7.11 Å². The van der Waals surface area contributed by atoms with Crippen LogP contribution in [0.2, 0.25) is 0 Å². The molecule has 0 spiro atoms. The minimum atomic E-state index is 0.0255. The lowest BCUT2D eigenvalue weighted by Crippen LogP contribution is -2.51. The molecule has 1 aromatic carbocycles. The Morgan fingerprint density at radius 3 is 2.79 bits per heavy atom. The van der Waals surface area contributed by atoms with Crippen LogP contribution in [0.5, 0.6) is 5.75 Å². The van der Waals surface area contributed by atoms with E-state index in [1.807, 2.05) is 29.2 Å². The van der Waals surface area contributed by atoms with Gasteiger partial charge in [0.2, 0.25) is 0 Å². The fourth-order valence-electron chi connectivity index (χ4n) is 3.06. The molecule has 2 aliphatic rings. The molecule has 1 aromatic rings. The second-order valence-electron chi connectivity index (χ2n) is 6.20. The maximum absolute atomic E-state index is 12.3. The quantitative estimate of drug-likeness (QED) is 0.925. The number of piperazine rings is 1. The molecule has 24 heavy (non-hydrogen) atoms. The Balaban J connectivity index is 1.47. The van der Waals surface area contributed by atoms with Crippen molar-refractivity contribution in [1.29, 1.82) is 0 Å². The number of carbonyl (C=O) groups is 1. The van der Waals surface area contributed by atoms with Crippen LogP contribution in [0.4, 0.5) is 4.79 Å². The number of nitrogens with one attached hydrogen (secondary N) is 1. The molecule has 128 valence electrons. The number of nitrogens with zero attached hydrogens (tertiary/aromatic N) is 2. The van der Waals surface area contributed by atoms with Crippen molar-refractivity contribution in [3.63, 3.8) is 0 Å². The zero-order valence-electron chi connectivity index (χ0n) is 14.2. The second kappa shape index (κ2) is 8.02. The predicted octanol–water partition coefficient (Wildman–Crippen LogP) is 2.76. The van der Waals surface area contributed by atoms with Crippen LogP contribution in [0.3, 0.4) is 0 Å². The molecular weight excluding hydrogens is 302 g/mol. The highest BCUT2D eigenvalue weighted by atomic mass is 16.5. The topological polar surface area (TPSA) is 44.8 Å². The van der Waals surface area contributed by atoms with Gasteiger partial charge in [-0.1, -0.05) is 24.3 Å². The molecule has 0 bridgehead atoms. The smallest absolute Gasteiger partial charge is 0.321 e. The molecule has 0 aromatic heterocycles. The number of rotatable bonds is 4. The summed E-state index contributed by atoms with van der Waals surface area (Å²) in [6, 6.07) is 8.19. The van der Waals surface area contributed by atoms with Crippen LogP contribution in [-0.2, 0) is 6.54 Å². The number of ether oxygens (including phenoxy) is 1. The molecule has 1 fully saturated rings. The first-order valence-electron chi connectivity index (χ1n) is 8.51. The highest BCUT2D eigenvalue weighted by molar-refractivity contribution is 5.76. The number of methoxy groups -OCH3 is 1. The van der Waals surface area contributed by atoms with E-state index in [0.717, 1.165) is 57.0 Å². The van der Waals surface area contributed by atoms with E-state index in [9.17, 15) is 4.79 Å². The summed E-state index contributed by atoms with van der Waals surface area (Å²) < 4.78 is 5.27. The van der Waals surface area contributed by atoms with E-state index in [1.165, 1.54) is 5.56 Å². The van der Waals surface area contributed by atoms with Crippen LogP contribution in [0.25, 0.3) is 0 Å². The Hall–Kier alpha value is -2.27. The van der Waals surface area contributed by atoms with Crippen LogP contribution in [-0.4, -0.2) is 49.1 Å². The molecule has 0 atom stereocenters. The number of benzene rings is 1. The Morgan fingerprint density at radius 2 is 2.08 bits per heavy atom. The largest absolute Gasteiger partial charge is 0.497 e. The molecule has 0 unspecified atom stereocenters. The van der Waals surface area contributed by atoms with E-state index in [1.54, 1.807) is 7.11 Å². The average molecular weight is 327 g/mol. The molecule has 1 saturated heterocycles. The summed E-state index contributed by atoms with van der Waals surface area (Å²) in [6.45, 7) is 4.20. The summed E-state index contributed by atoms with van der Waals surface area (Å²) in [7, 11) is 1.69. The van der Waals surface area contributed by atoms with Gasteiger partial charge < -0.3 is 15.0 Å². The molecule has 1 N–H and O–H groups in total. The van der Waals surface area contributed by atoms with Crippen molar-refractivity contribution in [2.24, 2.45) is 0 Å². The summed E-state index contributed by atoms with van der Waals surface area (Å²) in [5, 5.41) is 3.03. The number of carbonyl (C=O) groups excluding carboxylic acids is 1. The molecule has 5 nitrogen and oxygen atoms in total. The van der Waals surface area contributed by atoms with Crippen molar-refractivity contribution in [3.05, 3.63) is 53.8 Å². The monoisotopic (exact) mass is 327 g/mol. The summed E-state index contributed by atoms with van der Waals surface area (Å²) in [5.74, 6) is 0.889. The van der Waals surface area contributed by atoms with Gasteiger partial charge in [0, 0.05) is 38.4 Å². The van der Waals surface area contributed by atoms with Gasteiger partial charge in [0.15, 0.2) is 0 Å². The lowest BCUT2D eigenvalue weighted by atomic mass is 10.1. The van der Waals surface area contributed by atoms with Crippen molar-refractivity contribution in [1.82, 2.24) is 15.1 Å². The van der Waals surface area contributed by atoms with E-state index in [-0.39, 0.29) is 6.03 Å². The fourth-order valence-corrected chi connectivity index (χ4v) is 3.06. The zero-order valence-corrected chi connectivity index (χ0v) is 14.2. The summed E-state index contributed by atoms with van der Waals surface area (Å²) in [5.41, 5.74) is 2.26. The lowest BCUT2D eigenvalue weighted by Gasteiger charge is -2.35. The minimum absolute atomic E-state index is 0.0255. The van der Waals surface area contributed by atoms with Crippen LogP contribution < -0.4 is 10.1 Å². The standard InChI is InChI=1S/C19H25N3O2/c1-24-18-9-5-6-16(14-18)15-21-10-12-22(13-11-21)19(23)20-17-7-3-2-4-8-17/h2-3,5-7,9,14H,4,8,10-13,15H2,1H3,(H,20,23). The molecule has 2 amide bonds. The molecule has 1 aliphatic carbocycles. The predicted molar refractivity (Wildman–Crippen MR) is 94.8 cm³/mol. The third kappa shape index (κ3) is 4.38. The Kier molecular flexibility index (Phi) is 5.54. The first kappa shape index (κ1) is 16.6. The van der Waals surface area contributed by atoms with Crippen molar-refractivity contribution < 1.29 is 9.53 Å². The van der Waals surface area contributed by atoms with Gasteiger partial charge in [0.1, 0.15) is 5.75 Å². The first-order valence-corrected chi connectivity index (χ1v) is 8.51. The fraction of sp³-hybridized carbons (Fsp3) is 0.421. The molecule has 0 radical (unpaired) electrons. The Labute approximate surface area is 143 Å². The van der Waals surface area contributed by atoms with Crippen molar-refractivity contribution in [2.75, 3.05) is 33.3 Å². The van der Waals surface area contributed by atoms with E-state index in [0.29, 0.717) is 0 Å². The van der Waals surface area contributed by atoms with Crippen molar-refractivity contribution in [3.8, 4) is 5.75 Å². The van der Waals surface area contributed by atoms with Gasteiger partial charge in [-0.05, 0) is 36.6 Å². The van der Waals surface area contributed by atoms with Gasteiger partial charge in [-0.3, -0.25) is 4.90 Å². The summed E-state index contributed by atoms with van der Waals surface area (Å²) in [4.78, 5) is 16.6. The molecule has 1 aliphatic heterocycles. The van der Waals surface area contributed by atoms with Gasteiger partial charge in [-0.25, -0.2) is 4.79 Å². The summed E-state index contributed by atoms with van der Waals surface area (Å²) >= 11 is 0. The van der Waals surface area contributed by atoms with E-state index < -0.39 is 0 Å². The maximum Gasteiger partial charge on any atom is 0.321 e. The second-order valence-corrected chi connectivity index (χ2v) is 6.20.